The largest absolute Gasteiger partial charge is 0.497 e. The van der Waals surface area contributed by atoms with E-state index in [2.05, 4.69) is 15.9 Å². The van der Waals surface area contributed by atoms with Crippen LogP contribution in [0.2, 0.25) is 0 Å². The number of benzene rings is 1. The molecule has 0 radical (unpaired) electrons. The van der Waals surface area contributed by atoms with Gasteiger partial charge in [-0.05, 0) is 52.3 Å². The van der Waals surface area contributed by atoms with Crippen molar-refractivity contribution in [3.63, 3.8) is 0 Å². The zero-order valence-corrected chi connectivity index (χ0v) is 17.3. The third-order valence-electron chi connectivity index (χ3n) is 4.90. The van der Waals surface area contributed by atoms with Gasteiger partial charge in [-0.1, -0.05) is 22.0 Å². The lowest BCUT2D eigenvalue weighted by molar-refractivity contribution is -0.143. The van der Waals surface area contributed by atoms with Gasteiger partial charge in [-0.3, -0.25) is 4.79 Å². The van der Waals surface area contributed by atoms with Gasteiger partial charge in [-0.2, -0.15) is 0 Å². The van der Waals surface area contributed by atoms with Crippen molar-refractivity contribution in [2.24, 2.45) is 0 Å². The maximum atomic E-state index is 12.2. The molecule has 0 spiro atoms. The zero-order chi connectivity index (χ0) is 18.8. The topological polar surface area (TPSA) is 54.0 Å². The Morgan fingerprint density at radius 1 is 1.24 bits per heavy atom. The Hall–Kier alpha value is -1.05. The van der Waals surface area contributed by atoms with E-state index in [9.17, 15) is 4.79 Å². The molecule has 0 saturated carbocycles. The molecule has 0 bridgehead atoms. The fraction of sp³-hybridized carbons (Fsp3) is 0.611. The second-order valence-corrected chi connectivity index (χ2v) is 7.98. The summed E-state index contributed by atoms with van der Waals surface area (Å²) in [6.45, 7) is 10.1. The molecule has 5 nitrogen and oxygen atoms in total. The number of esters is 1. The van der Waals surface area contributed by atoms with Gasteiger partial charge < -0.3 is 18.8 Å². The Morgan fingerprint density at radius 2 is 1.84 bits per heavy atom. The van der Waals surface area contributed by atoms with E-state index >= 15 is 0 Å². The van der Waals surface area contributed by atoms with Crippen LogP contribution in [0.25, 0.3) is 0 Å². The highest BCUT2D eigenvalue weighted by Gasteiger charge is 2.54. The molecule has 0 aromatic heterocycles. The number of hydrogen-bond acceptors (Lipinski definition) is 5. The summed E-state index contributed by atoms with van der Waals surface area (Å²) < 4.78 is 23.6. The van der Waals surface area contributed by atoms with E-state index in [-0.39, 0.29) is 18.2 Å². The lowest BCUT2D eigenvalue weighted by atomic mass is 9.66. The van der Waals surface area contributed by atoms with Gasteiger partial charge in [0.25, 0.3) is 0 Å². The number of carbonyl (C=O) groups is 1. The van der Waals surface area contributed by atoms with Crippen LogP contribution in [-0.4, -0.2) is 38.0 Å². The Labute approximate surface area is 158 Å². The predicted molar refractivity (Wildman–Crippen MR) is 101 cm³/mol. The standard InChI is InChI=1S/C18H26BBrO5/c1-7-23-16(21)11-14(13-9-8-12(22-6)10-15(13)20)19-24-17(2,3)18(4,5)25-19/h8-10,14H,7,11H2,1-6H3. The summed E-state index contributed by atoms with van der Waals surface area (Å²) >= 11 is 3.58. The van der Waals surface area contributed by atoms with Gasteiger partial charge in [0.1, 0.15) is 5.75 Å². The second kappa shape index (κ2) is 7.68. The summed E-state index contributed by atoms with van der Waals surface area (Å²) in [6.07, 6.45) is 0.176. The average molecular weight is 413 g/mol. The smallest absolute Gasteiger partial charge is 0.466 e. The van der Waals surface area contributed by atoms with Crippen LogP contribution in [0.1, 0.15) is 52.4 Å². The van der Waals surface area contributed by atoms with E-state index in [1.54, 1.807) is 14.0 Å². The Kier molecular flexibility index (Phi) is 6.23. The molecule has 0 N–H and O–H groups in total. The highest BCUT2D eigenvalue weighted by Crippen LogP contribution is 2.43. The number of carbonyl (C=O) groups excluding carboxylic acids is 1. The van der Waals surface area contributed by atoms with Crippen LogP contribution >= 0.6 is 15.9 Å². The van der Waals surface area contributed by atoms with Crippen molar-refractivity contribution < 1.29 is 23.6 Å². The first-order valence-corrected chi connectivity index (χ1v) is 9.25. The van der Waals surface area contributed by atoms with Gasteiger partial charge in [0.15, 0.2) is 0 Å². The second-order valence-electron chi connectivity index (χ2n) is 7.13. The number of hydrogen-bond donors (Lipinski definition) is 0. The van der Waals surface area contributed by atoms with Crippen LogP contribution in [0.5, 0.6) is 5.75 Å². The quantitative estimate of drug-likeness (QED) is 0.519. The molecular formula is C18H26BBrO5. The van der Waals surface area contributed by atoms with Gasteiger partial charge in [0.2, 0.25) is 0 Å². The third-order valence-corrected chi connectivity index (χ3v) is 5.59. The number of methoxy groups -OCH3 is 1. The molecule has 0 amide bonds. The van der Waals surface area contributed by atoms with Gasteiger partial charge >= 0.3 is 13.1 Å². The molecule has 1 aromatic carbocycles. The molecule has 2 rings (SSSR count). The molecule has 1 aliphatic rings. The van der Waals surface area contributed by atoms with Crippen LogP contribution < -0.4 is 4.74 Å². The van der Waals surface area contributed by atoms with E-state index in [1.807, 2.05) is 45.9 Å². The minimum atomic E-state index is -0.542. The minimum absolute atomic E-state index is 0.176. The van der Waals surface area contributed by atoms with Crippen molar-refractivity contribution in [1.82, 2.24) is 0 Å². The van der Waals surface area contributed by atoms with Crippen LogP contribution in [0, 0.1) is 0 Å². The third kappa shape index (κ3) is 4.38. The van der Waals surface area contributed by atoms with E-state index in [0.717, 1.165) is 15.8 Å². The molecule has 25 heavy (non-hydrogen) atoms. The van der Waals surface area contributed by atoms with E-state index < -0.39 is 18.3 Å². The Balaban J connectivity index is 2.36. The highest BCUT2D eigenvalue weighted by atomic mass is 79.9. The van der Waals surface area contributed by atoms with Crippen LogP contribution in [0.4, 0.5) is 0 Å². The maximum absolute atomic E-state index is 12.2. The van der Waals surface area contributed by atoms with Crippen LogP contribution in [0.3, 0.4) is 0 Å². The van der Waals surface area contributed by atoms with Crippen molar-refractivity contribution in [2.45, 2.75) is 58.1 Å². The van der Waals surface area contributed by atoms with Gasteiger partial charge in [0.05, 0.1) is 31.3 Å². The molecule has 0 aliphatic carbocycles. The molecule has 1 fully saturated rings. The van der Waals surface area contributed by atoms with Crippen molar-refractivity contribution in [2.75, 3.05) is 13.7 Å². The zero-order valence-electron chi connectivity index (χ0n) is 15.7. The molecule has 1 heterocycles. The normalized spacial score (nSPS) is 19.6. The first-order valence-electron chi connectivity index (χ1n) is 8.46. The maximum Gasteiger partial charge on any atom is 0.466 e. The number of rotatable bonds is 6. The fourth-order valence-electron chi connectivity index (χ4n) is 2.74. The predicted octanol–water partition coefficient (Wildman–Crippen LogP) is 4.13. The molecule has 1 atom stereocenters. The van der Waals surface area contributed by atoms with Crippen LogP contribution in [-0.2, 0) is 18.8 Å². The van der Waals surface area contributed by atoms with Crippen molar-refractivity contribution >= 4 is 29.0 Å². The van der Waals surface area contributed by atoms with Crippen LogP contribution in [0.15, 0.2) is 22.7 Å². The first kappa shape index (κ1) is 20.3. The summed E-state index contributed by atoms with van der Waals surface area (Å²) in [4.78, 5) is 12.2. The number of ether oxygens (including phenoxy) is 2. The van der Waals surface area contributed by atoms with Gasteiger partial charge in [0, 0.05) is 10.3 Å². The number of halogens is 1. The molecule has 1 aliphatic heterocycles. The first-order chi connectivity index (χ1) is 11.6. The molecule has 1 aromatic rings. The van der Waals surface area contributed by atoms with Crippen molar-refractivity contribution in [1.29, 1.82) is 0 Å². The van der Waals surface area contributed by atoms with E-state index in [1.165, 1.54) is 0 Å². The molecule has 7 heteroatoms. The van der Waals surface area contributed by atoms with Crippen molar-refractivity contribution in [3.8, 4) is 5.75 Å². The van der Waals surface area contributed by atoms with E-state index in [4.69, 9.17) is 18.8 Å². The summed E-state index contributed by atoms with van der Waals surface area (Å²) in [7, 11) is 1.07. The molecule has 1 saturated heterocycles. The Morgan fingerprint density at radius 3 is 2.32 bits per heavy atom. The minimum Gasteiger partial charge on any atom is -0.497 e. The van der Waals surface area contributed by atoms with E-state index in [0.29, 0.717) is 6.61 Å². The fourth-order valence-corrected chi connectivity index (χ4v) is 3.39. The van der Waals surface area contributed by atoms with Gasteiger partial charge in [-0.15, -0.1) is 0 Å². The average Bonchev–Trinajstić information content (AvgIpc) is 2.73. The SMILES string of the molecule is CCOC(=O)CC(B1OC(C)(C)C(C)(C)O1)c1ccc(OC)cc1Br. The lowest BCUT2D eigenvalue weighted by Gasteiger charge is -2.32. The highest BCUT2D eigenvalue weighted by molar-refractivity contribution is 9.10. The van der Waals surface area contributed by atoms with Gasteiger partial charge in [-0.25, -0.2) is 0 Å². The molecule has 138 valence electrons. The summed E-state index contributed by atoms with van der Waals surface area (Å²) in [5, 5.41) is 0. The summed E-state index contributed by atoms with van der Waals surface area (Å²) in [5.74, 6) is 0.171. The molecular weight excluding hydrogens is 387 g/mol. The Bertz CT molecular complexity index is 616. The summed E-state index contributed by atoms with van der Waals surface area (Å²) in [5.41, 5.74) is -0.0140. The molecule has 1 unspecified atom stereocenters. The van der Waals surface area contributed by atoms with Crippen molar-refractivity contribution in [3.05, 3.63) is 28.2 Å². The monoisotopic (exact) mass is 412 g/mol. The lowest BCUT2D eigenvalue weighted by Crippen LogP contribution is -2.41. The summed E-state index contributed by atoms with van der Waals surface area (Å²) in [6, 6.07) is 5.67.